The summed E-state index contributed by atoms with van der Waals surface area (Å²) in [7, 11) is 0. The van der Waals surface area contributed by atoms with Gasteiger partial charge in [-0.1, -0.05) is 12.7 Å². The summed E-state index contributed by atoms with van der Waals surface area (Å²) in [4.78, 5) is 12.6. The fourth-order valence-electron chi connectivity index (χ4n) is 3.63. The molecule has 0 radical (unpaired) electrons. The number of nitrogens with one attached hydrogen (secondary N) is 1. The van der Waals surface area contributed by atoms with Crippen molar-refractivity contribution in [3.8, 4) is 17.6 Å². The molecule has 1 saturated carbocycles. The number of carbonyl (C=O) groups excluding carboxylic acids is 1. The number of aromatic hydroxyl groups is 1. The van der Waals surface area contributed by atoms with Crippen molar-refractivity contribution in [3.05, 3.63) is 41.5 Å². The average molecular weight is 432 g/mol. The molecule has 31 heavy (non-hydrogen) atoms. The predicted molar refractivity (Wildman–Crippen MR) is 107 cm³/mol. The Labute approximate surface area is 178 Å². The molecule has 166 valence electrons. The number of phenolic OH excluding ortho intramolecular Hbond substituents is 1. The second-order valence-electron chi connectivity index (χ2n) is 7.31. The van der Waals surface area contributed by atoms with Gasteiger partial charge < -0.3 is 40.0 Å². The minimum Gasteiger partial charge on any atom is -0.504 e. The summed E-state index contributed by atoms with van der Waals surface area (Å²) in [6, 6.07) is 3.51. The maximum Gasteiger partial charge on any atom is 0.247 e. The monoisotopic (exact) mass is 432 g/mol. The molecule has 6 atom stereocenters. The molecule has 1 heterocycles. The highest BCUT2D eigenvalue weighted by Gasteiger charge is 2.53. The van der Waals surface area contributed by atoms with E-state index in [4.69, 9.17) is 14.2 Å². The number of hydrogen-bond acceptors (Lipinski definition) is 9. The highest BCUT2D eigenvalue weighted by molar-refractivity contribution is 5.97. The minimum atomic E-state index is -1.47. The molecule has 1 saturated heterocycles. The van der Waals surface area contributed by atoms with Crippen LogP contribution in [0.15, 0.2) is 30.4 Å². The van der Waals surface area contributed by atoms with Crippen molar-refractivity contribution >= 4 is 12.0 Å². The number of amides is 1. The number of nitrogens with zero attached hydrogens (tertiary/aromatic N) is 1. The van der Waals surface area contributed by atoms with Crippen LogP contribution in [-0.4, -0.2) is 76.3 Å². The lowest BCUT2D eigenvalue weighted by atomic mass is 9.83. The Balaban J connectivity index is 1.77. The molecule has 1 aromatic rings. The largest absolute Gasteiger partial charge is 0.504 e. The van der Waals surface area contributed by atoms with Crippen LogP contribution in [0.3, 0.4) is 0 Å². The molecule has 0 bridgehead atoms. The summed E-state index contributed by atoms with van der Waals surface area (Å²) in [5.41, 5.74) is 0.611. The standard InChI is InChI=1S/C21H24N2O8/c1-3-4-29-18-12(8-22)6-11(7-13(18)24)5-10(2)21(28)23-14-15(25)17(27)20-19(16(14)26)30-9-31-20/h3,5-7,14-17,19-20,24-27H,1,4,9H2,2H3,(H,23,28)/b10-5-/t14-,15+,16-,17-,19+,20-/m1/s1. The topological polar surface area (TPSA) is 162 Å². The molecule has 10 nitrogen and oxygen atoms in total. The van der Waals surface area contributed by atoms with Gasteiger partial charge in [0.05, 0.1) is 11.6 Å². The van der Waals surface area contributed by atoms with Crippen molar-refractivity contribution < 1.29 is 39.4 Å². The van der Waals surface area contributed by atoms with Crippen LogP contribution >= 0.6 is 0 Å². The van der Waals surface area contributed by atoms with Crippen LogP contribution in [0, 0.1) is 11.3 Å². The van der Waals surface area contributed by atoms with E-state index in [0.29, 0.717) is 5.56 Å². The Bertz CT molecular complexity index is 925. The van der Waals surface area contributed by atoms with Gasteiger partial charge in [0.2, 0.25) is 5.91 Å². The molecule has 3 rings (SSSR count). The maximum atomic E-state index is 12.6. The highest BCUT2D eigenvalue weighted by Crippen LogP contribution is 2.33. The molecule has 1 aliphatic carbocycles. The smallest absolute Gasteiger partial charge is 0.247 e. The van der Waals surface area contributed by atoms with Gasteiger partial charge in [0.25, 0.3) is 0 Å². The van der Waals surface area contributed by atoms with Gasteiger partial charge in [-0.05, 0) is 30.7 Å². The third-order valence-electron chi connectivity index (χ3n) is 5.20. The van der Waals surface area contributed by atoms with Crippen molar-refractivity contribution in [1.29, 1.82) is 5.26 Å². The van der Waals surface area contributed by atoms with Gasteiger partial charge in [0.1, 0.15) is 50.0 Å². The Morgan fingerprint density at radius 3 is 2.61 bits per heavy atom. The fraction of sp³-hybridized carbons (Fsp3) is 0.429. The molecule has 2 aliphatic rings. The maximum absolute atomic E-state index is 12.6. The van der Waals surface area contributed by atoms with E-state index in [2.05, 4.69) is 11.9 Å². The Morgan fingerprint density at radius 2 is 1.97 bits per heavy atom. The van der Waals surface area contributed by atoms with E-state index in [0.717, 1.165) is 0 Å². The van der Waals surface area contributed by atoms with Gasteiger partial charge in [0.15, 0.2) is 11.5 Å². The summed E-state index contributed by atoms with van der Waals surface area (Å²) in [5.74, 6) is -0.888. The number of aliphatic hydroxyl groups excluding tert-OH is 3. The molecular formula is C21H24N2O8. The third-order valence-corrected chi connectivity index (χ3v) is 5.20. The van der Waals surface area contributed by atoms with E-state index in [1.54, 1.807) is 0 Å². The number of aliphatic hydroxyl groups is 3. The molecular weight excluding hydrogens is 408 g/mol. The number of phenols is 1. The fourth-order valence-corrected chi connectivity index (χ4v) is 3.63. The zero-order valence-electron chi connectivity index (χ0n) is 16.8. The Hall–Kier alpha value is -2.94. The van der Waals surface area contributed by atoms with Gasteiger partial charge >= 0.3 is 0 Å². The molecule has 5 N–H and O–H groups in total. The number of carbonyl (C=O) groups is 1. The lowest BCUT2D eigenvalue weighted by Gasteiger charge is -2.41. The second-order valence-corrected chi connectivity index (χ2v) is 7.31. The first kappa shape index (κ1) is 22.7. The van der Waals surface area contributed by atoms with Gasteiger partial charge in [0, 0.05) is 5.57 Å². The summed E-state index contributed by atoms with van der Waals surface area (Å²) in [6.45, 7) is 4.96. The number of ether oxygens (including phenoxy) is 3. The number of fused-ring (bicyclic) bond motifs is 1. The van der Waals surface area contributed by atoms with E-state index in [1.807, 2.05) is 6.07 Å². The number of nitriles is 1. The zero-order valence-corrected chi connectivity index (χ0v) is 16.8. The molecule has 2 fully saturated rings. The highest BCUT2D eigenvalue weighted by atomic mass is 16.7. The molecule has 1 amide bonds. The van der Waals surface area contributed by atoms with Gasteiger partial charge in [-0.25, -0.2) is 0 Å². The summed E-state index contributed by atoms with van der Waals surface area (Å²) in [6.07, 6.45) is -2.98. The zero-order chi connectivity index (χ0) is 22.7. The molecule has 1 aromatic carbocycles. The molecule has 10 heteroatoms. The summed E-state index contributed by atoms with van der Waals surface area (Å²) < 4.78 is 15.7. The predicted octanol–water partition coefficient (Wildman–Crippen LogP) is -0.445. The SMILES string of the molecule is C=CCOc1c(O)cc(/C=C(/C)C(=O)N[C@@H]2[C@H](O)[C@@H](O)[C@H]3OCO[C@H]3[C@@H]2O)cc1C#N. The summed E-state index contributed by atoms with van der Waals surface area (Å²) in [5, 5.41) is 52.9. The first-order chi connectivity index (χ1) is 14.8. The Morgan fingerprint density at radius 1 is 1.29 bits per heavy atom. The van der Waals surface area contributed by atoms with Crippen molar-refractivity contribution in [2.24, 2.45) is 0 Å². The first-order valence-electron chi connectivity index (χ1n) is 9.55. The van der Waals surface area contributed by atoms with E-state index in [-0.39, 0.29) is 36.0 Å². The first-order valence-corrected chi connectivity index (χ1v) is 9.55. The lowest BCUT2D eigenvalue weighted by molar-refractivity contribution is -0.155. The molecule has 0 aromatic heterocycles. The van der Waals surface area contributed by atoms with Crippen LogP contribution in [-0.2, 0) is 14.3 Å². The van der Waals surface area contributed by atoms with Crippen LogP contribution in [0.4, 0.5) is 0 Å². The van der Waals surface area contributed by atoms with Crippen molar-refractivity contribution in [3.63, 3.8) is 0 Å². The number of benzene rings is 1. The van der Waals surface area contributed by atoms with E-state index in [1.165, 1.54) is 31.2 Å². The van der Waals surface area contributed by atoms with E-state index in [9.17, 15) is 30.5 Å². The van der Waals surface area contributed by atoms with Crippen LogP contribution < -0.4 is 10.1 Å². The molecule has 0 unspecified atom stereocenters. The third kappa shape index (κ3) is 4.56. The van der Waals surface area contributed by atoms with Crippen molar-refractivity contribution in [1.82, 2.24) is 5.32 Å². The second kappa shape index (κ2) is 9.47. The average Bonchev–Trinajstić information content (AvgIpc) is 3.24. The Kier molecular flexibility index (Phi) is 6.94. The van der Waals surface area contributed by atoms with Gasteiger partial charge in [-0.3, -0.25) is 4.79 Å². The number of rotatable bonds is 6. The quantitative estimate of drug-likeness (QED) is 0.296. The number of hydrogen-bond donors (Lipinski definition) is 5. The van der Waals surface area contributed by atoms with Crippen LogP contribution in [0.25, 0.3) is 6.08 Å². The van der Waals surface area contributed by atoms with Gasteiger partial charge in [-0.15, -0.1) is 0 Å². The van der Waals surface area contributed by atoms with E-state index < -0.39 is 42.5 Å². The normalized spacial score (nSPS) is 30.2. The molecule has 1 aliphatic heterocycles. The lowest BCUT2D eigenvalue weighted by Crippen LogP contribution is -2.67. The van der Waals surface area contributed by atoms with Crippen molar-refractivity contribution in [2.75, 3.05) is 13.4 Å². The van der Waals surface area contributed by atoms with Crippen LogP contribution in [0.2, 0.25) is 0 Å². The van der Waals surface area contributed by atoms with Crippen LogP contribution in [0.5, 0.6) is 11.5 Å². The summed E-state index contributed by atoms with van der Waals surface area (Å²) >= 11 is 0. The van der Waals surface area contributed by atoms with Crippen molar-refractivity contribution in [2.45, 2.75) is 43.5 Å². The minimum absolute atomic E-state index is 0.0115. The van der Waals surface area contributed by atoms with Gasteiger partial charge in [-0.2, -0.15) is 5.26 Å². The van der Waals surface area contributed by atoms with Crippen LogP contribution in [0.1, 0.15) is 18.1 Å². The molecule has 0 spiro atoms. The van der Waals surface area contributed by atoms with E-state index >= 15 is 0 Å².